The summed E-state index contributed by atoms with van der Waals surface area (Å²) in [6, 6.07) is -3.15. The van der Waals surface area contributed by atoms with Crippen molar-refractivity contribution in [1.82, 2.24) is 10.6 Å². The highest BCUT2D eigenvalue weighted by atomic mass is 16.7. The predicted molar refractivity (Wildman–Crippen MR) is 153 cm³/mol. The van der Waals surface area contributed by atoms with Gasteiger partial charge in [-0.1, -0.05) is 0 Å². The third-order valence-corrected chi connectivity index (χ3v) is 9.32. The zero-order valence-electron chi connectivity index (χ0n) is 25.9. The van der Waals surface area contributed by atoms with E-state index in [1.165, 1.54) is 6.92 Å². The van der Waals surface area contributed by atoms with Crippen molar-refractivity contribution in [2.24, 2.45) is 17.2 Å². The first-order valence-corrected chi connectivity index (χ1v) is 15.3. The molecule has 4 fully saturated rings. The fourth-order valence-electron chi connectivity index (χ4n) is 6.48. The monoisotopic (exact) mass is 653 g/mol. The summed E-state index contributed by atoms with van der Waals surface area (Å²) in [7, 11) is 3.36. The molecule has 0 amide bonds. The topological polar surface area (TPSA) is 296 Å². The Hall–Kier alpha value is -1.17. The van der Waals surface area contributed by atoms with Crippen molar-refractivity contribution >= 4 is 5.97 Å². The van der Waals surface area contributed by atoms with Crippen molar-refractivity contribution in [2.45, 2.75) is 143 Å². The average molecular weight is 654 g/mol. The number of carboxylic acid groups (broad SMARTS) is 1. The lowest BCUT2D eigenvalue weighted by Gasteiger charge is -2.50. The van der Waals surface area contributed by atoms with Crippen molar-refractivity contribution < 1.29 is 63.9 Å². The van der Waals surface area contributed by atoms with E-state index in [0.717, 1.165) is 0 Å². The molecule has 45 heavy (non-hydrogen) atoms. The number of hydrogen-bond donors (Lipinski definition) is 11. The van der Waals surface area contributed by atoms with Crippen molar-refractivity contribution in [3.05, 3.63) is 0 Å². The van der Waals surface area contributed by atoms with Crippen LogP contribution in [0.5, 0.6) is 0 Å². The second-order valence-electron chi connectivity index (χ2n) is 12.8. The molecule has 4 rings (SSSR count). The molecule has 3 saturated heterocycles. The molecule has 1 aliphatic carbocycles. The molecule has 18 nitrogen and oxygen atoms in total. The lowest BCUT2D eigenvalue weighted by Crippen LogP contribution is -2.70. The van der Waals surface area contributed by atoms with Gasteiger partial charge < -0.3 is 86.9 Å². The van der Waals surface area contributed by atoms with Crippen LogP contribution >= 0.6 is 0 Å². The molecule has 4 aliphatic rings. The van der Waals surface area contributed by atoms with E-state index in [2.05, 4.69) is 10.6 Å². The molecule has 1 saturated carbocycles. The number of nitrogens with one attached hydrogen (secondary N) is 2. The van der Waals surface area contributed by atoms with E-state index in [4.69, 9.17) is 45.6 Å². The molecule has 18 heteroatoms. The Labute approximate surface area is 261 Å². The largest absolute Gasteiger partial charge is 0.479 e. The van der Waals surface area contributed by atoms with Crippen molar-refractivity contribution in [3.8, 4) is 0 Å². The fraction of sp³-hybridized carbons (Fsp3) is 0.963. The highest BCUT2D eigenvalue weighted by Crippen LogP contribution is 2.35. The van der Waals surface area contributed by atoms with Gasteiger partial charge in [0, 0.05) is 18.1 Å². The second-order valence-corrected chi connectivity index (χ2v) is 12.8. The van der Waals surface area contributed by atoms with Crippen LogP contribution in [0.4, 0.5) is 0 Å². The molecular weight excluding hydrogens is 602 g/mol. The molecule has 262 valence electrons. The first-order chi connectivity index (χ1) is 21.1. The van der Waals surface area contributed by atoms with E-state index in [0.29, 0.717) is 12.8 Å². The van der Waals surface area contributed by atoms with E-state index < -0.39 is 103 Å². The molecule has 18 unspecified atom stereocenters. The van der Waals surface area contributed by atoms with Crippen molar-refractivity contribution in [3.63, 3.8) is 0 Å². The van der Waals surface area contributed by atoms with Gasteiger partial charge in [0.2, 0.25) is 0 Å². The Bertz CT molecular complexity index is 985. The Morgan fingerprint density at radius 3 is 2.02 bits per heavy atom. The lowest BCUT2D eigenvalue weighted by molar-refractivity contribution is -0.350. The zero-order valence-corrected chi connectivity index (χ0v) is 25.9. The van der Waals surface area contributed by atoms with E-state index >= 15 is 0 Å². The van der Waals surface area contributed by atoms with Gasteiger partial charge in [0.05, 0.1) is 24.8 Å². The molecule has 0 aromatic rings. The van der Waals surface area contributed by atoms with Gasteiger partial charge in [0.1, 0.15) is 48.3 Å². The Morgan fingerprint density at radius 1 is 0.844 bits per heavy atom. The maximum absolute atomic E-state index is 11.8. The summed E-state index contributed by atoms with van der Waals surface area (Å²) in [5.41, 5.74) is 18.0. The van der Waals surface area contributed by atoms with Gasteiger partial charge in [-0.05, 0) is 47.2 Å². The quantitative estimate of drug-likeness (QED) is 0.105. The van der Waals surface area contributed by atoms with Crippen LogP contribution in [0.3, 0.4) is 0 Å². The summed E-state index contributed by atoms with van der Waals surface area (Å²) < 4.78 is 36.0. The lowest BCUT2D eigenvalue weighted by atomic mass is 9.83. The highest BCUT2D eigenvalue weighted by Gasteiger charge is 2.55. The standard InChI is InChI=1S/C27H51N5O13/c1-9(31-3)13-6-5-10(28)24(41-13)42-18-11(29)7-12(30)19(43-25-17(36)22(32-4)27(2,39)8-40-25)21(18)45-26-16(35)14(33)15(34)20(44-26)23(37)38/h9-22,24-26,31-36,39H,5-8,28-30H2,1-4H3,(H,37,38). The normalized spacial score (nSPS) is 50.2. The minimum Gasteiger partial charge on any atom is -0.479 e. The molecule has 14 N–H and O–H groups in total. The summed E-state index contributed by atoms with van der Waals surface area (Å²) in [6.07, 6.45) is -15.8. The Kier molecular flexibility index (Phi) is 12.2. The van der Waals surface area contributed by atoms with Gasteiger partial charge in [-0.25, -0.2) is 4.79 Å². The summed E-state index contributed by atoms with van der Waals surface area (Å²) in [4.78, 5) is 11.8. The number of aliphatic carboxylic acids is 1. The predicted octanol–water partition coefficient (Wildman–Crippen LogP) is -5.41. The highest BCUT2D eigenvalue weighted by molar-refractivity contribution is 5.73. The van der Waals surface area contributed by atoms with Crippen LogP contribution in [0.1, 0.15) is 33.1 Å². The summed E-state index contributed by atoms with van der Waals surface area (Å²) in [5, 5.41) is 68.7. The van der Waals surface area contributed by atoms with Crippen molar-refractivity contribution in [1.29, 1.82) is 0 Å². The third-order valence-electron chi connectivity index (χ3n) is 9.32. The second kappa shape index (κ2) is 14.9. The SMILES string of the molecule is CNC(C)C1CCC(N)C(OC2C(N)CC(N)C(OC3OCC(C)(O)C(NC)C3O)C2OC2OC(C(=O)O)C(O)C(O)C2O)O1. The van der Waals surface area contributed by atoms with Gasteiger partial charge in [0.25, 0.3) is 0 Å². The number of carbonyl (C=O) groups is 1. The molecule has 3 heterocycles. The van der Waals surface area contributed by atoms with E-state index in [-0.39, 0.29) is 25.2 Å². The molecule has 18 atom stereocenters. The number of hydrogen-bond acceptors (Lipinski definition) is 17. The Morgan fingerprint density at radius 2 is 1.44 bits per heavy atom. The van der Waals surface area contributed by atoms with Crippen LogP contribution in [0, 0.1) is 0 Å². The minimum atomic E-state index is -1.95. The zero-order chi connectivity index (χ0) is 33.4. The number of nitrogens with two attached hydrogens (primary N) is 3. The van der Waals surface area contributed by atoms with Crippen LogP contribution in [-0.4, -0.2) is 167 Å². The maximum Gasteiger partial charge on any atom is 0.335 e. The smallest absolute Gasteiger partial charge is 0.335 e. The fourth-order valence-corrected chi connectivity index (χ4v) is 6.48. The van der Waals surface area contributed by atoms with E-state index in [1.807, 2.05) is 6.92 Å². The maximum atomic E-state index is 11.8. The third kappa shape index (κ3) is 7.78. The summed E-state index contributed by atoms with van der Waals surface area (Å²) in [6.45, 7) is 3.23. The minimum absolute atomic E-state index is 0.0332. The number of carboxylic acids is 1. The Balaban J connectivity index is 1.65. The summed E-state index contributed by atoms with van der Waals surface area (Å²) in [5.74, 6) is -1.60. The van der Waals surface area contributed by atoms with Gasteiger partial charge in [0.15, 0.2) is 25.0 Å². The van der Waals surface area contributed by atoms with Crippen LogP contribution < -0.4 is 27.8 Å². The van der Waals surface area contributed by atoms with Crippen LogP contribution in [0.25, 0.3) is 0 Å². The molecular formula is C27H51N5O13. The van der Waals surface area contributed by atoms with Crippen molar-refractivity contribution in [2.75, 3.05) is 20.7 Å². The first kappa shape index (κ1) is 36.7. The van der Waals surface area contributed by atoms with Gasteiger partial charge in [-0.2, -0.15) is 0 Å². The number of aliphatic hydroxyl groups is 5. The van der Waals surface area contributed by atoms with Gasteiger partial charge in [-0.15, -0.1) is 0 Å². The number of rotatable bonds is 10. The number of likely N-dealkylation sites (N-methyl/N-ethyl adjacent to an activating group) is 2. The summed E-state index contributed by atoms with van der Waals surface area (Å²) >= 11 is 0. The van der Waals surface area contributed by atoms with Crippen LogP contribution in [0.2, 0.25) is 0 Å². The van der Waals surface area contributed by atoms with Gasteiger partial charge in [-0.3, -0.25) is 0 Å². The van der Waals surface area contributed by atoms with Gasteiger partial charge >= 0.3 is 5.97 Å². The number of ether oxygens (including phenoxy) is 6. The first-order valence-electron chi connectivity index (χ1n) is 15.3. The molecule has 0 spiro atoms. The molecule has 0 aromatic heterocycles. The van der Waals surface area contributed by atoms with E-state index in [1.54, 1.807) is 14.1 Å². The molecule has 3 aliphatic heterocycles. The molecule has 0 aromatic carbocycles. The average Bonchev–Trinajstić information content (AvgIpc) is 2.98. The van der Waals surface area contributed by atoms with Crippen LogP contribution in [-0.2, 0) is 33.2 Å². The number of aliphatic hydroxyl groups excluding tert-OH is 4. The molecule has 0 bridgehead atoms. The van der Waals surface area contributed by atoms with Crippen LogP contribution in [0.15, 0.2) is 0 Å². The molecule has 0 radical (unpaired) electrons. The van der Waals surface area contributed by atoms with E-state index in [9.17, 15) is 35.4 Å².